The van der Waals surface area contributed by atoms with Crippen LogP contribution in [0.3, 0.4) is 0 Å². The van der Waals surface area contributed by atoms with Crippen molar-refractivity contribution in [3.05, 3.63) is 59.1 Å². The zero-order chi connectivity index (χ0) is 18.9. The number of halogens is 1. The fourth-order valence-corrected chi connectivity index (χ4v) is 4.97. The van der Waals surface area contributed by atoms with Gasteiger partial charge in [-0.15, -0.1) is 0 Å². The van der Waals surface area contributed by atoms with Gasteiger partial charge in [-0.1, -0.05) is 35.9 Å². The molecule has 0 radical (unpaired) electrons. The van der Waals surface area contributed by atoms with Crippen LogP contribution in [-0.4, -0.2) is 23.8 Å². The van der Waals surface area contributed by atoms with Crippen molar-refractivity contribution in [2.75, 3.05) is 10.2 Å². The summed E-state index contributed by atoms with van der Waals surface area (Å²) >= 11 is 6.05. The lowest BCUT2D eigenvalue weighted by molar-refractivity contribution is -0.130. The first-order valence-electron chi connectivity index (χ1n) is 8.77. The molecule has 0 unspecified atom stereocenters. The fourth-order valence-electron chi connectivity index (χ4n) is 4.79. The van der Waals surface area contributed by atoms with Gasteiger partial charge in [0.25, 0.3) is 0 Å². The number of carbonyl (C=O) groups excluding carboxylic acids is 3. The number of hydrogen-bond donors (Lipinski definition) is 2. The second-order valence-electron chi connectivity index (χ2n) is 7.24. The Morgan fingerprint density at radius 2 is 1.81 bits per heavy atom. The third-order valence-electron chi connectivity index (χ3n) is 5.84. The number of carbonyl (C=O) groups is 3. The molecule has 1 spiro atoms. The standard InChI is InChI=1S/C20H16ClN3O3/c1-10-15-16(18(26)24(17(15)25)12-6-4-5-11(21)9-12)20(23-10)13-7-2-3-8-14(13)22-19(20)27/h2-10,15-16,23H,1H3,(H,22,27)/t10-,15+,16+,20-/m0/s1. The minimum atomic E-state index is -1.24. The summed E-state index contributed by atoms with van der Waals surface area (Å²) in [5, 5.41) is 6.57. The molecule has 2 N–H and O–H groups in total. The Bertz CT molecular complexity index is 1020. The molecule has 2 aromatic carbocycles. The molecular formula is C20H16ClN3O3. The molecule has 0 saturated carbocycles. The molecule has 0 aliphatic carbocycles. The van der Waals surface area contributed by atoms with Gasteiger partial charge < -0.3 is 5.32 Å². The molecule has 7 heteroatoms. The summed E-state index contributed by atoms with van der Waals surface area (Å²) < 4.78 is 0. The van der Waals surface area contributed by atoms with E-state index in [2.05, 4.69) is 10.6 Å². The van der Waals surface area contributed by atoms with Gasteiger partial charge in [-0.25, -0.2) is 4.90 Å². The molecule has 3 heterocycles. The molecule has 27 heavy (non-hydrogen) atoms. The smallest absolute Gasteiger partial charge is 0.250 e. The highest BCUT2D eigenvalue weighted by atomic mass is 35.5. The fraction of sp³-hybridized carbons (Fsp3) is 0.250. The molecule has 5 rings (SSSR count). The summed E-state index contributed by atoms with van der Waals surface area (Å²) in [5.41, 5.74) is 0.578. The number of nitrogens with zero attached hydrogens (tertiary/aromatic N) is 1. The van der Waals surface area contributed by atoms with Gasteiger partial charge in [-0.05, 0) is 31.2 Å². The molecule has 2 aromatic rings. The Morgan fingerprint density at radius 3 is 2.59 bits per heavy atom. The average molecular weight is 382 g/mol. The van der Waals surface area contributed by atoms with Crippen molar-refractivity contribution in [1.82, 2.24) is 5.32 Å². The summed E-state index contributed by atoms with van der Waals surface area (Å²) in [5.74, 6) is -2.40. The van der Waals surface area contributed by atoms with E-state index in [1.54, 1.807) is 30.3 Å². The number of hydrogen-bond acceptors (Lipinski definition) is 4. The first-order valence-corrected chi connectivity index (χ1v) is 9.15. The highest BCUT2D eigenvalue weighted by Crippen LogP contribution is 2.53. The summed E-state index contributed by atoms with van der Waals surface area (Å²) in [7, 11) is 0. The SMILES string of the molecule is C[C@@H]1N[C@]2(C(=O)Nc3ccccc32)[C@H]2C(=O)N(c3cccc(Cl)c3)C(=O)[C@H]12. The monoisotopic (exact) mass is 381 g/mol. The second kappa shape index (κ2) is 5.41. The minimum absolute atomic E-state index is 0.294. The highest BCUT2D eigenvalue weighted by molar-refractivity contribution is 6.31. The number of rotatable bonds is 1. The molecule has 2 fully saturated rings. The summed E-state index contributed by atoms with van der Waals surface area (Å²) in [6.45, 7) is 1.84. The summed E-state index contributed by atoms with van der Waals surface area (Å²) in [6.07, 6.45) is 0. The Kier molecular flexibility index (Phi) is 3.30. The molecule has 0 aromatic heterocycles. The Morgan fingerprint density at radius 1 is 1.04 bits per heavy atom. The van der Waals surface area contributed by atoms with Crippen LogP contribution in [0.15, 0.2) is 48.5 Å². The van der Waals surface area contributed by atoms with Crippen LogP contribution in [-0.2, 0) is 19.9 Å². The van der Waals surface area contributed by atoms with Gasteiger partial charge in [-0.3, -0.25) is 19.7 Å². The Labute approximate surface area is 160 Å². The topological polar surface area (TPSA) is 78.5 Å². The number of para-hydroxylation sites is 1. The molecule has 0 bridgehead atoms. The third-order valence-corrected chi connectivity index (χ3v) is 6.07. The first-order chi connectivity index (χ1) is 12.9. The number of imide groups is 1. The van der Waals surface area contributed by atoms with Crippen molar-refractivity contribution in [2.45, 2.75) is 18.5 Å². The van der Waals surface area contributed by atoms with E-state index in [4.69, 9.17) is 11.6 Å². The molecule has 4 atom stereocenters. The lowest BCUT2D eigenvalue weighted by Gasteiger charge is -2.29. The van der Waals surface area contributed by atoms with Crippen LogP contribution >= 0.6 is 11.6 Å². The van der Waals surface area contributed by atoms with Crippen LogP contribution < -0.4 is 15.5 Å². The van der Waals surface area contributed by atoms with Crippen LogP contribution in [0.2, 0.25) is 5.02 Å². The van der Waals surface area contributed by atoms with E-state index >= 15 is 0 Å². The lowest BCUT2D eigenvalue weighted by Crippen LogP contribution is -2.53. The van der Waals surface area contributed by atoms with Crippen LogP contribution in [0.4, 0.5) is 11.4 Å². The number of benzene rings is 2. The third kappa shape index (κ3) is 1.97. The lowest BCUT2D eigenvalue weighted by atomic mass is 9.76. The van der Waals surface area contributed by atoms with Crippen molar-refractivity contribution in [3.63, 3.8) is 0 Å². The number of anilines is 2. The van der Waals surface area contributed by atoms with Crippen LogP contribution in [0.1, 0.15) is 12.5 Å². The number of fused-ring (bicyclic) bond motifs is 4. The molecule has 3 amide bonds. The van der Waals surface area contributed by atoms with Gasteiger partial charge in [0.1, 0.15) is 5.54 Å². The molecule has 136 valence electrons. The van der Waals surface area contributed by atoms with E-state index in [0.717, 1.165) is 0 Å². The van der Waals surface area contributed by atoms with Gasteiger partial charge in [0.05, 0.1) is 17.5 Å². The second-order valence-corrected chi connectivity index (χ2v) is 7.67. The minimum Gasteiger partial charge on any atom is -0.324 e. The van der Waals surface area contributed by atoms with E-state index in [9.17, 15) is 14.4 Å². The predicted molar refractivity (Wildman–Crippen MR) is 100 cm³/mol. The zero-order valence-corrected chi connectivity index (χ0v) is 15.2. The summed E-state index contributed by atoms with van der Waals surface area (Å²) in [4.78, 5) is 40.8. The highest BCUT2D eigenvalue weighted by Gasteiger charge is 2.69. The van der Waals surface area contributed by atoms with Crippen LogP contribution in [0, 0.1) is 11.8 Å². The van der Waals surface area contributed by atoms with Crippen molar-refractivity contribution in [2.24, 2.45) is 11.8 Å². The van der Waals surface area contributed by atoms with E-state index < -0.39 is 17.4 Å². The average Bonchev–Trinajstić information content (AvgIpc) is 3.20. The van der Waals surface area contributed by atoms with Gasteiger partial charge in [0, 0.05) is 22.3 Å². The van der Waals surface area contributed by atoms with E-state index in [0.29, 0.717) is 22.0 Å². The molecule has 6 nitrogen and oxygen atoms in total. The molecular weight excluding hydrogens is 366 g/mol. The van der Waals surface area contributed by atoms with Crippen LogP contribution in [0.5, 0.6) is 0 Å². The molecule has 3 aliphatic rings. The number of nitrogens with one attached hydrogen (secondary N) is 2. The van der Waals surface area contributed by atoms with Crippen LogP contribution in [0.25, 0.3) is 0 Å². The first kappa shape index (κ1) is 16.5. The van der Waals surface area contributed by atoms with E-state index in [1.165, 1.54) is 4.90 Å². The maximum atomic E-state index is 13.4. The van der Waals surface area contributed by atoms with Gasteiger partial charge in [-0.2, -0.15) is 0 Å². The van der Waals surface area contributed by atoms with Crippen molar-refractivity contribution in [1.29, 1.82) is 0 Å². The van der Waals surface area contributed by atoms with Crippen molar-refractivity contribution in [3.8, 4) is 0 Å². The maximum Gasteiger partial charge on any atom is 0.250 e. The largest absolute Gasteiger partial charge is 0.324 e. The van der Waals surface area contributed by atoms with Gasteiger partial charge in [0.2, 0.25) is 17.7 Å². The van der Waals surface area contributed by atoms with Gasteiger partial charge >= 0.3 is 0 Å². The quantitative estimate of drug-likeness (QED) is 0.743. The molecule has 2 saturated heterocycles. The number of amides is 3. The van der Waals surface area contributed by atoms with E-state index in [-0.39, 0.29) is 23.8 Å². The Hall–Kier alpha value is -2.70. The van der Waals surface area contributed by atoms with Gasteiger partial charge in [0.15, 0.2) is 0 Å². The normalized spacial score (nSPS) is 31.4. The Balaban J connectivity index is 1.67. The zero-order valence-electron chi connectivity index (χ0n) is 14.4. The summed E-state index contributed by atoms with van der Waals surface area (Å²) in [6, 6.07) is 13.6. The van der Waals surface area contributed by atoms with Crippen molar-refractivity contribution < 1.29 is 14.4 Å². The predicted octanol–water partition coefficient (Wildman–Crippen LogP) is 2.28. The van der Waals surface area contributed by atoms with Crippen molar-refractivity contribution >= 4 is 40.7 Å². The molecule has 3 aliphatic heterocycles. The van der Waals surface area contributed by atoms with E-state index in [1.807, 2.05) is 25.1 Å². The maximum absolute atomic E-state index is 13.4.